The lowest BCUT2D eigenvalue weighted by atomic mass is 9.99. The van der Waals surface area contributed by atoms with Gasteiger partial charge in [-0.25, -0.2) is 8.42 Å². The molecule has 0 aliphatic rings. The van der Waals surface area contributed by atoms with Crippen LogP contribution in [-0.4, -0.2) is 15.5 Å². The molecule has 1 N–H and O–H groups in total. The van der Waals surface area contributed by atoms with Crippen LogP contribution >= 0.6 is 11.6 Å². The van der Waals surface area contributed by atoms with Crippen LogP contribution in [0.3, 0.4) is 0 Å². The quantitative estimate of drug-likeness (QED) is 0.821. The van der Waals surface area contributed by atoms with Crippen molar-refractivity contribution in [2.24, 2.45) is 0 Å². The lowest BCUT2D eigenvalue weighted by Crippen LogP contribution is -2.13. The first-order chi connectivity index (χ1) is 10.9. The Morgan fingerprint density at radius 2 is 1.83 bits per heavy atom. The fourth-order valence-electron chi connectivity index (χ4n) is 2.17. The predicted molar refractivity (Wildman–Crippen MR) is 94.0 cm³/mol. The molecule has 0 radical (unpaired) electrons. The highest BCUT2D eigenvalue weighted by molar-refractivity contribution is 7.92. The van der Waals surface area contributed by atoms with Gasteiger partial charge in [0.05, 0.1) is 17.7 Å². The second-order valence-corrected chi connectivity index (χ2v) is 7.45. The van der Waals surface area contributed by atoms with Crippen LogP contribution < -0.4 is 9.46 Å². The Kier molecular flexibility index (Phi) is 5.55. The molecule has 0 spiro atoms. The highest BCUT2D eigenvalue weighted by Gasteiger charge is 2.17. The smallest absolute Gasteiger partial charge is 0.262 e. The van der Waals surface area contributed by atoms with Crippen LogP contribution in [0.5, 0.6) is 5.75 Å². The van der Waals surface area contributed by atoms with Crippen LogP contribution in [0.1, 0.15) is 31.7 Å². The fourth-order valence-corrected chi connectivity index (χ4v) is 3.41. The number of methoxy groups -OCH3 is 1. The molecule has 2 rings (SSSR count). The number of sulfonamides is 1. The number of anilines is 1. The molecule has 0 saturated carbocycles. The Hall–Kier alpha value is -1.72. The van der Waals surface area contributed by atoms with E-state index in [9.17, 15) is 8.42 Å². The van der Waals surface area contributed by atoms with Gasteiger partial charge in [-0.05, 0) is 48.2 Å². The first-order valence-electron chi connectivity index (χ1n) is 7.33. The molecule has 1 atom stereocenters. The highest BCUT2D eigenvalue weighted by Crippen LogP contribution is 2.30. The Morgan fingerprint density at radius 3 is 2.39 bits per heavy atom. The molecule has 23 heavy (non-hydrogen) atoms. The van der Waals surface area contributed by atoms with Crippen LogP contribution in [0.4, 0.5) is 5.69 Å². The van der Waals surface area contributed by atoms with Crippen molar-refractivity contribution in [2.45, 2.75) is 31.1 Å². The zero-order valence-corrected chi connectivity index (χ0v) is 14.9. The lowest BCUT2D eigenvalue weighted by Gasteiger charge is -2.13. The maximum absolute atomic E-state index is 12.5. The van der Waals surface area contributed by atoms with Gasteiger partial charge in [0, 0.05) is 5.02 Å². The summed E-state index contributed by atoms with van der Waals surface area (Å²) in [4.78, 5) is 0.201. The number of ether oxygens (including phenoxy) is 1. The van der Waals surface area contributed by atoms with Gasteiger partial charge in [-0.3, -0.25) is 4.72 Å². The molecule has 0 heterocycles. The van der Waals surface area contributed by atoms with E-state index in [4.69, 9.17) is 16.3 Å². The molecule has 2 aromatic rings. The van der Waals surface area contributed by atoms with Crippen LogP contribution in [0.2, 0.25) is 5.02 Å². The summed E-state index contributed by atoms with van der Waals surface area (Å²) in [6, 6.07) is 11.7. The van der Waals surface area contributed by atoms with Crippen molar-refractivity contribution < 1.29 is 13.2 Å². The number of nitrogens with one attached hydrogen (secondary N) is 1. The molecule has 0 fully saturated rings. The maximum Gasteiger partial charge on any atom is 0.262 e. The molecule has 0 aromatic heterocycles. The third kappa shape index (κ3) is 4.18. The van der Waals surface area contributed by atoms with Crippen molar-refractivity contribution >= 4 is 27.3 Å². The second-order valence-electron chi connectivity index (χ2n) is 5.33. The minimum atomic E-state index is -3.70. The highest BCUT2D eigenvalue weighted by atomic mass is 35.5. The molecule has 6 heteroatoms. The lowest BCUT2D eigenvalue weighted by molar-refractivity contribution is 0.417. The average Bonchev–Trinajstić information content (AvgIpc) is 2.54. The van der Waals surface area contributed by atoms with E-state index < -0.39 is 10.0 Å². The maximum atomic E-state index is 12.5. The summed E-state index contributed by atoms with van der Waals surface area (Å²) >= 11 is 5.93. The van der Waals surface area contributed by atoms with E-state index in [-0.39, 0.29) is 4.90 Å². The molecule has 0 unspecified atom stereocenters. The monoisotopic (exact) mass is 353 g/mol. The standard InChI is InChI=1S/C17H20ClNO3S/c1-4-12(2)13-5-8-15(9-6-13)23(20,21)19-16-11-14(18)7-10-17(16)22-3/h5-12,19H,4H2,1-3H3/t12-/m0/s1. The topological polar surface area (TPSA) is 55.4 Å². The molecule has 0 bridgehead atoms. The van der Waals surface area contributed by atoms with Crippen molar-refractivity contribution in [3.05, 3.63) is 53.1 Å². The van der Waals surface area contributed by atoms with Crippen LogP contribution in [0, 0.1) is 0 Å². The normalized spacial score (nSPS) is 12.7. The van der Waals surface area contributed by atoms with E-state index in [1.807, 2.05) is 12.1 Å². The Balaban J connectivity index is 2.30. The van der Waals surface area contributed by atoms with Gasteiger partial charge in [0.2, 0.25) is 0 Å². The largest absolute Gasteiger partial charge is 0.495 e. The first kappa shape index (κ1) is 17.6. The van der Waals surface area contributed by atoms with Gasteiger partial charge >= 0.3 is 0 Å². The molecule has 4 nitrogen and oxygen atoms in total. The average molecular weight is 354 g/mol. The number of rotatable bonds is 6. The van der Waals surface area contributed by atoms with Crippen LogP contribution in [0.15, 0.2) is 47.4 Å². The van der Waals surface area contributed by atoms with Gasteiger partial charge in [0.1, 0.15) is 5.75 Å². The number of halogens is 1. The van der Waals surface area contributed by atoms with E-state index in [1.165, 1.54) is 13.2 Å². The van der Waals surface area contributed by atoms with Crippen molar-refractivity contribution in [1.82, 2.24) is 0 Å². The van der Waals surface area contributed by atoms with Gasteiger partial charge in [-0.2, -0.15) is 0 Å². The van der Waals surface area contributed by atoms with Gasteiger partial charge in [0.15, 0.2) is 0 Å². The third-order valence-electron chi connectivity index (χ3n) is 3.78. The summed E-state index contributed by atoms with van der Waals surface area (Å²) in [6.45, 7) is 4.21. The Bertz CT molecular complexity index is 773. The molecule has 0 aliphatic heterocycles. The van der Waals surface area contributed by atoms with E-state index in [1.54, 1.807) is 24.3 Å². The second kappa shape index (κ2) is 7.23. The number of hydrogen-bond acceptors (Lipinski definition) is 3. The molecular formula is C17H20ClNO3S. The first-order valence-corrected chi connectivity index (χ1v) is 9.19. The predicted octanol–water partition coefficient (Wildman–Crippen LogP) is 4.66. The zero-order valence-electron chi connectivity index (χ0n) is 13.3. The third-order valence-corrected chi connectivity index (χ3v) is 5.39. The van der Waals surface area contributed by atoms with Gasteiger partial charge < -0.3 is 4.74 Å². The van der Waals surface area contributed by atoms with Crippen LogP contribution in [-0.2, 0) is 10.0 Å². The summed E-state index contributed by atoms with van der Waals surface area (Å²) in [7, 11) is -2.23. The summed E-state index contributed by atoms with van der Waals surface area (Å²) < 4.78 is 32.7. The molecule has 124 valence electrons. The molecule has 0 amide bonds. The van der Waals surface area contributed by atoms with E-state index in [0.717, 1.165) is 12.0 Å². The van der Waals surface area contributed by atoms with Crippen molar-refractivity contribution in [3.8, 4) is 5.75 Å². The summed E-state index contributed by atoms with van der Waals surface area (Å²) in [5, 5.41) is 0.426. The molecule has 0 aliphatic carbocycles. The van der Waals surface area contributed by atoms with Crippen LogP contribution in [0.25, 0.3) is 0 Å². The van der Waals surface area contributed by atoms with Crippen molar-refractivity contribution in [3.63, 3.8) is 0 Å². The Labute approximate surface area is 142 Å². The SMILES string of the molecule is CC[C@H](C)c1ccc(S(=O)(=O)Nc2cc(Cl)ccc2OC)cc1. The molecule has 0 saturated heterocycles. The summed E-state index contributed by atoms with van der Waals surface area (Å²) in [5.41, 5.74) is 1.43. The minimum absolute atomic E-state index is 0.201. The van der Waals surface area contributed by atoms with E-state index in [0.29, 0.717) is 22.4 Å². The van der Waals surface area contributed by atoms with Gasteiger partial charge in [-0.1, -0.05) is 37.6 Å². The van der Waals surface area contributed by atoms with Gasteiger partial charge in [-0.15, -0.1) is 0 Å². The Morgan fingerprint density at radius 1 is 1.17 bits per heavy atom. The van der Waals surface area contributed by atoms with Crippen molar-refractivity contribution in [2.75, 3.05) is 11.8 Å². The minimum Gasteiger partial charge on any atom is -0.495 e. The van der Waals surface area contributed by atoms with E-state index in [2.05, 4.69) is 18.6 Å². The zero-order chi connectivity index (χ0) is 17.0. The molecule has 2 aromatic carbocycles. The molecular weight excluding hydrogens is 334 g/mol. The van der Waals surface area contributed by atoms with Crippen molar-refractivity contribution in [1.29, 1.82) is 0 Å². The number of hydrogen-bond donors (Lipinski definition) is 1. The number of benzene rings is 2. The summed E-state index contributed by atoms with van der Waals surface area (Å²) in [6.07, 6.45) is 1.00. The fraction of sp³-hybridized carbons (Fsp3) is 0.294. The summed E-state index contributed by atoms with van der Waals surface area (Å²) in [5.74, 6) is 0.807. The van der Waals surface area contributed by atoms with Gasteiger partial charge in [0.25, 0.3) is 10.0 Å². The van der Waals surface area contributed by atoms with E-state index >= 15 is 0 Å².